The highest BCUT2D eigenvalue weighted by atomic mass is 16.6. The van der Waals surface area contributed by atoms with E-state index in [2.05, 4.69) is 4.98 Å². The number of nitro groups is 1. The SMILES string of the molecule is Cn1cnc([N+](=O)[O-])c1C(C)(C)C. The van der Waals surface area contributed by atoms with Crippen LogP contribution in [0, 0.1) is 10.1 Å². The predicted octanol–water partition coefficient (Wildman–Crippen LogP) is 1.63. The molecule has 13 heavy (non-hydrogen) atoms. The van der Waals surface area contributed by atoms with Crippen LogP contribution in [0.3, 0.4) is 0 Å². The molecule has 0 amide bonds. The van der Waals surface area contributed by atoms with E-state index < -0.39 is 4.92 Å². The first kappa shape index (κ1) is 9.70. The summed E-state index contributed by atoms with van der Waals surface area (Å²) in [4.78, 5) is 13.9. The number of rotatable bonds is 1. The third kappa shape index (κ3) is 1.68. The Bertz CT molecular complexity index is 336. The smallest absolute Gasteiger partial charge is 0.358 e. The van der Waals surface area contributed by atoms with Crippen LogP contribution in [0.1, 0.15) is 26.5 Å². The number of hydrogen-bond acceptors (Lipinski definition) is 3. The maximum Gasteiger partial charge on any atom is 0.385 e. The zero-order valence-corrected chi connectivity index (χ0v) is 8.24. The summed E-state index contributed by atoms with van der Waals surface area (Å²) >= 11 is 0. The van der Waals surface area contributed by atoms with Crippen molar-refractivity contribution in [2.24, 2.45) is 7.05 Å². The summed E-state index contributed by atoms with van der Waals surface area (Å²) in [5.74, 6) is -0.0463. The van der Waals surface area contributed by atoms with E-state index in [0.29, 0.717) is 5.69 Å². The number of imidazole rings is 1. The van der Waals surface area contributed by atoms with Gasteiger partial charge in [0.05, 0.1) is 0 Å². The number of hydrogen-bond donors (Lipinski definition) is 0. The second-order valence-electron chi connectivity index (χ2n) is 4.03. The van der Waals surface area contributed by atoms with Crippen molar-refractivity contribution in [2.45, 2.75) is 26.2 Å². The fraction of sp³-hybridized carbons (Fsp3) is 0.625. The Hall–Kier alpha value is -1.39. The minimum Gasteiger partial charge on any atom is -0.358 e. The molecule has 1 heterocycles. The molecule has 0 aliphatic heterocycles. The predicted molar refractivity (Wildman–Crippen MR) is 48.6 cm³/mol. The summed E-state index contributed by atoms with van der Waals surface area (Å²) in [6, 6.07) is 0. The van der Waals surface area contributed by atoms with Gasteiger partial charge in [-0.05, 0) is 9.91 Å². The van der Waals surface area contributed by atoms with Gasteiger partial charge in [0.25, 0.3) is 0 Å². The summed E-state index contributed by atoms with van der Waals surface area (Å²) in [6.07, 6.45) is 1.47. The topological polar surface area (TPSA) is 61.0 Å². The van der Waals surface area contributed by atoms with Gasteiger partial charge < -0.3 is 14.7 Å². The maximum absolute atomic E-state index is 10.6. The molecule has 0 bridgehead atoms. The van der Waals surface area contributed by atoms with Crippen LogP contribution >= 0.6 is 0 Å². The van der Waals surface area contributed by atoms with Gasteiger partial charge in [-0.2, -0.15) is 0 Å². The van der Waals surface area contributed by atoms with Gasteiger partial charge >= 0.3 is 5.82 Å². The molecular weight excluding hydrogens is 170 g/mol. The molecule has 1 aromatic rings. The van der Waals surface area contributed by atoms with Crippen molar-refractivity contribution in [3.8, 4) is 0 Å². The Morgan fingerprint density at radius 3 is 2.38 bits per heavy atom. The van der Waals surface area contributed by atoms with Crippen molar-refractivity contribution in [3.05, 3.63) is 22.1 Å². The van der Waals surface area contributed by atoms with Crippen LogP contribution in [-0.2, 0) is 12.5 Å². The van der Waals surface area contributed by atoms with Gasteiger partial charge in [0.2, 0.25) is 6.33 Å². The van der Waals surface area contributed by atoms with Crippen LogP contribution in [0.15, 0.2) is 6.33 Å². The van der Waals surface area contributed by atoms with Crippen molar-refractivity contribution < 1.29 is 4.92 Å². The molecule has 0 atom stereocenters. The second-order valence-corrected chi connectivity index (χ2v) is 4.03. The van der Waals surface area contributed by atoms with Gasteiger partial charge in [0, 0.05) is 12.5 Å². The van der Waals surface area contributed by atoms with Crippen LogP contribution in [0.4, 0.5) is 5.82 Å². The van der Waals surface area contributed by atoms with Crippen LogP contribution in [0.25, 0.3) is 0 Å². The quantitative estimate of drug-likeness (QED) is 0.491. The molecule has 0 spiro atoms. The van der Waals surface area contributed by atoms with E-state index >= 15 is 0 Å². The van der Waals surface area contributed by atoms with Gasteiger partial charge in [-0.1, -0.05) is 20.8 Å². The highest BCUT2D eigenvalue weighted by Crippen LogP contribution is 2.28. The summed E-state index contributed by atoms with van der Waals surface area (Å²) in [5.41, 5.74) is 0.394. The van der Waals surface area contributed by atoms with Crippen molar-refractivity contribution in [1.29, 1.82) is 0 Å². The lowest BCUT2D eigenvalue weighted by Crippen LogP contribution is -2.17. The first-order valence-corrected chi connectivity index (χ1v) is 4.00. The number of nitrogens with zero attached hydrogens (tertiary/aromatic N) is 3. The lowest BCUT2D eigenvalue weighted by Gasteiger charge is -2.17. The largest absolute Gasteiger partial charge is 0.385 e. The van der Waals surface area contributed by atoms with Crippen LogP contribution in [0.5, 0.6) is 0 Å². The molecule has 72 valence electrons. The normalized spacial score (nSPS) is 11.7. The molecule has 0 aliphatic carbocycles. The minimum atomic E-state index is -0.444. The molecule has 0 radical (unpaired) electrons. The highest BCUT2D eigenvalue weighted by molar-refractivity contribution is 5.32. The summed E-state index contributed by atoms with van der Waals surface area (Å²) in [7, 11) is 1.76. The van der Waals surface area contributed by atoms with Gasteiger partial charge in [-0.25, -0.2) is 0 Å². The second kappa shape index (κ2) is 2.83. The van der Waals surface area contributed by atoms with Crippen LogP contribution < -0.4 is 0 Å². The molecule has 0 fully saturated rings. The Morgan fingerprint density at radius 1 is 1.54 bits per heavy atom. The average molecular weight is 183 g/mol. The van der Waals surface area contributed by atoms with E-state index in [1.54, 1.807) is 11.6 Å². The monoisotopic (exact) mass is 183 g/mol. The fourth-order valence-electron chi connectivity index (χ4n) is 1.42. The van der Waals surface area contributed by atoms with E-state index in [0.717, 1.165) is 0 Å². The summed E-state index contributed by atoms with van der Waals surface area (Å²) in [5, 5.41) is 10.6. The van der Waals surface area contributed by atoms with E-state index in [1.165, 1.54) is 6.33 Å². The van der Waals surface area contributed by atoms with Gasteiger partial charge in [-0.3, -0.25) is 0 Å². The molecule has 1 rings (SSSR count). The molecule has 0 N–H and O–H groups in total. The van der Waals surface area contributed by atoms with Crippen molar-refractivity contribution in [1.82, 2.24) is 9.55 Å². The molecule has 0 unspecified atom stereocenters. The van der Waals surface area contributed by atoms with E-state index in [1.807, 2.05) is 20.8 Å². The molecule has 1 aromatic heterocycles. The van der Waals surface area contributed by atoms with Gasteiger partial charge in [0.15, 0.2) is 0 Å². The molecule has 0 saturated heterocycles. The Labute approximate surface area is 76.5 Å². The minimum absolute atomic E-state index is 0.0463. The number of aryl methyl sites for hydroxylation is 1. The third-order valence-corrected chi connectivity index (χ3v) is 1.80. The lowest BCUT2D eigenvalue weighted by atomic mass is 9.92. The molecule has 0 saturated carbocycles. The van der Waals surface area contributed by atoms with Crippen molar-refractivity contribution >= 4 is 5.82 Å². The van der Waals surface area contributed by atoms with E-state index in [4.69, 9.17) is 0 Å². The van der Waals surface area contributed by atoms with Gasteiger partial charge in [-0.15, -0.1) is 0 Å². The molecule has 0 aromatic carbocycles. The van der Waals surface area contributed by atoms with Crippen molar-refractivity contribution in [3.63, 3.8) is 0 Å². The zero-order chi connectivity index (χ0) is 10.2. The first-order valence-electron chi connectivity index (χ1n) is 4.00. The Kier molecular flexibility index (Phi) is 2.11. The zero-order valence-electron chi connectivity index (χ0n) is 8.24. The van der Waals surface area contributed by atoms with Crippen LogP contribution in [-0.4, -0.2) is 14.5 Å². The maximum atomic E-state index is 10.6. The van der Waals surface area contributed by atoms with E-state index in [9.17, 15) is 10.1 Å². The fourth-order valence-corrected chi connectivity index (χ4v) is 1.42. The third-order valence-electron chi connectivity index (χ3n) is 1.80. The molecular formula is C8H13N3O2. The standard InChI is InChI=1S/C8H13N3O2/c1-8(2,3)6-7(11(12)13)9-5-10(6)4/h5H,1-4H3. The molecule has 5 heteroatoms. The average Bonchev–Trinajstić information content (AvgIpc) is 2.28. The summed E-state index contributed by atoms with van der Waals surface area (Å²) in [6.45, 7) is 5.78. The Balaban J connectivity index is 3.33. The number of aromatic nitrogens is 2. The highest BCUT2D eigenvalue weighted by Gasteiger charge is 2.29. The molecule has 0 aliphatic rings. The summed E-state index contributed by atoms with van der Waals surface area (Å²) < 4.78 is 1.69. The van der Waals surface area contributed by atoms with Gasteiger partial charge in [0.1, 0.15) is 5.69 Å². The lowest BCUT2D eigenvalue weighted by molar-refractivity contribution is -0.390. The molecule has 5 nitrogen and oxygen atoms in total. The van der Waals surface area contributed by atoms with E-state index in [-0.39, 0.29) is 11.2 Å². The van der Waals surface area contributed by atoms with Crippen molar-refractivity contribution in [2.75, 3.05) is 0 Å². The first-order chi connectivity index (χ1) is 5.84. The van der Waals surface area contributed by atoms with Crippen LogP contribution in [0.2, 0.25) is 0 Å². The Morgan fingerprint density at radius 2 is 2.08 bits per heavy atom.